The maximum atomic E-state index is 15.1. The van der Waals surface area contributed by atoms with Crippen LogP contribution in [-0.4, -0.2) is 343 Å². The first-order valence-electron chi connectivity index (χ1n) is 42.2. The second kappa shape index (κ2) is 59.0. The van der Waals surface area contributed by atoms with E-state index < -0.39 is 199 Å². The number of carboxylic acids is 2. The van der Waals surface area contributed by atoms with Crippen molar-refractivity contribution >= 4 is 112 Å². The van der Waals surface area contributed by atoms with Gasteiger partial charge in [0.1, 0.15) is 72.7 Å². The molecule has 2 fully saturated rings. The summed E-state index contributed by atoms with van der Waals surface area (Å²) in [5.41, 5.74) is 13.3. The molecule has 3 aliphatic heterocycles. The first-order chi connectivity index (χ1) is 59.5. The number of aliphatic hydroxyl groups excluding tert-OH is 5. The number of fused-ring (bicyclic) bond motifs is 4. The number of hydrogen-bond acceptors (Lipinski definition) is 29. The summed E-state index contributed by atoms with van der Waals surface area (Å²) < 4.78 is 16.9. The molecule has 2 aromatic rings. The number of carbonyl (C=O) groups is 15. The van der Waals surface area contributed by atoms with Crippen LogP contribution in [0.3, 0.4) is 0 Å². The lowest BCUT2D eigenvalue weighted by Gasteiger charge is -2.34. The summed E-state index contributed by atoms with van der Waals surface area (Å²) in [6, 6.07) is 3.38. The number of hydrogen-bond donors (Lipinski definition) is 21. The lowest BCUT2D eigenvalue weighted by atomic mass is 10.0. The number of nitrogens with two attached hydrogens (primary N) is 2. The highest BCUT2D eigenvalue weighted by molar-refractivity contribution is 7.98. The predicted molar refractivity (Wildman–Crippen MR) is 454 cm³/mol. The Morgan fingerprint density at radius 2 is 1.15 bits per heavy atom. The van der Waals surface area contributed by atoms with Gasteiger partial charge in [-0.05, 0) is 81.4 Å². The van der Waals surface area contributed by atoms with Gasteiger partial charge in [0.2, 0.25) is 70.9 Å². The summed E-state index contributed by atoms with van der Waals surface area (Å²) in [4.78, 5) is 208. The Morgan fingerprint density at radius 3 is 1.76 bits per heavy atom. The van der Waals surface area contributed by atoms with Crippen LogP contribution in [0.2, 0.25) is 0 Å². The molecule has 2 saturated heterocycles. The van der Waals surface area contributed by atoms with Gasteiger partial charge >= 0.3 is 11.9 Å². The van der Waals surface area contributed by atoms with Crippen molar-refractivity contribution in [3.63, 3.8) is 0 Å². The van der Waals surface area contributed by atoms with E-state index in [0.717, 1.165) is 11.1 Å². The largest absolute Gasteiger partial charge is 0.481 e. The molecule has 0 radical (unpaired) electrons. The minimum Gasteiger partial charge on any atom is -0.481 e. The Bertz CT molecular complexity index is 3720. The standard InChI is InChI=1S/C81H128N16O25S2/c1-3-4-17-55(89-67(104)24-23-65(102)86-28-11-34-120-36-38-122-39-37-121-35-12-29-87-73(110)56(90-72(109)54(42-84-30-26-82)43-85-31-27-83)20-22-66(103)88-44-63(100)70(107)71(108)64(101)45-98)74(111)93-59-48-123-46-52-15-8-16-53(40-52)47-124-49-60(81(118)119)94-76(113)58(41-51-13-6-5-7-14-51)92-75(112)57(21-25-68(105)106)91-78(115)69(50(2)99)95-77(114)61-18-9-32-96(61)80(117)62-19-10-33-97(62)79(59)116/h5-8,13-16,40,50,54-62,64,69-71,84-85,98-99,101,107-108H,3-4,9-12,17-39,41-49,82-83H2,1-2H3,(H,86,102)(H,87,110)(H,88,103)(H,89,104)(H,90,109)(H,91,115)(H,92,112)(H,93,111)(H,94,113)(H,95,114)(H,105,106)(H,118,119)/t50-,55+,56+,57+,58+,59+,60+,61+,62+,64-,69+,70-,71-/m1/s1. The van der Waals surface area contributed by atoms with Crippen molar-refractivity contribution in [2.24, 2.45) is 17.4 Å². The van der Waals surface area contributed by atoms with E-state index in [0.29, 0.717) is 76.0 Å². The van der Waals surface area contributed by atoms with Crippen LogP contribution in [0, 0.1) is 5.92 Å². The number of unbranched alkanes of at least 4 members (excludes halogenated alkanes) is 1. The molecule has 3 aliphatic rings. The van der Waals surface area contributed by atoms with Crippen LogP contribution >= 0.6 is 23.5 Å². The molecule has 12 amide bonds. The minimum absolute atomic E-state index is 0.0295. The van der Waals surface area contributed by atoms with Crippen LogP contribution in [-0.2, 0) is 104 Å². The summed E-state index contributed by atoms with van der Waals surface area (Å²) in [7, 11) is 0. The van der Waals surface area contributed by atoms with Crippen LogP contribution in [0.1, 0.15) is 127 Å². The molecule has 41 nitrogen and oxygen atoms in total. The first kappa shape index (κ1) is 105. The van der Waals surface area contributed by atoms with Crippen LogP contribution < -0.4 is 75.3 Å². The second-order valence-electron chi connectivity index (χ2n) is 30.3. The third-order valence-electron chi connectivity index (χ3n) is 20.4. The van der Waals surface area contributed by atoms with E-state index in [2.05, 4.69) is 63.8 Å². The van der Waals surface area contributed by atoms with Crippen molar-refractivity contribution in [2.75, 3.05) is 130 Å². The molecule has 124 heavy (non-hydrogen) atoms. The van der Waals surface area contributed by atoms with Crippen molar-refractivity contribution in [3.05, 3.63) is 71.3 Å². The molecule has 0 spiro atoms. The van der Waals surface area contributed by atoms with Gasteiger partial charge in [0.15, 0.2) is 5.78 Å². The van der Waals surface area contributed by atoms with E-state index in [1.807, 2.05) is 25.1 Å². The lowest BCUT2D eigenvalue weighted by molar-refractivity contribution is -0.148. The van der Waals surface area contributed by atoms with Crippen LogP contribution in [0.25, 0.3) is 0 Å². The highest BCUT2D eigenvalue weighted by Crippen LogP contribution is 2.28. The number of aliphatic carboxylic acids is 2. The second-order valence-corrected chi connectivity index (χ2v) is 32.4. The van der Waals surface area contributed by atoms with Crippen molar-refractivity contribution in [1.29, 1.82) is 0 Å². The lowest BCUT2D eigenvalue weighted by Crippen LogP contribution is -2.61. The van der Waals surface area contributed by atoms with E-state index in [1.54, 1.807) is 36.4 Å². The van der Waals surface area contributed by atoms with E-state index in [-0.39, 0.29) is 148 Å². The number of amides is 12. The number of Topliss-reactive ketones (excluding diaryl/α,β-unsaturated/α-hetero) is 1. The molecule has 0 aromatic heterocycles. The van der Waals surface area contributed by atoms with Gasteiger partial charge in [-0.25, -0.2) is 4.79 Å². The quantitative estimate of drug-likeness (QED) is 0.0275. The molecule has 2 bridgehead atoms. The van der Waals surface area contributed by atoms with Gasteiger partial charge in [0, 0.05) is 134 Å². The molecular weight excluding hydrogens is 1660 g/mol. The summed E-state index contributed by atoms with van der Waals surface area (Å²) in [5, 5.41) is 102. The number of carboxylic acid groups (broad SMARTS) is 2. The SMILES string of the molecule is CCCC[C@H](NC(=O)CCC(=O)NCCCOCCOCCOCCCNC(=O)[C@H](CCC(=O)NCC(=O)[C@@H](O)[C@H](O)[C@H](O)CO)NC(=O)C(CNCCN)CNCCN)C(=O)N[C@H]1CSCc2cccc(c2)CSC[C@@H](C(=O)O)NC(=O)[C@H](Cc2ccccc2)NC(=O)[C@H](CCC(=O)O)NC(=O)[C@H]([C@@H](C)O)NC(=O)[C@@H]2CCCN2C(=O)[C@@H]2CCCN2C1=O. The van der Waals surface area contributed by atoms with Crippen LogP contribution in [0.5, 0.6) is 0 Å². The number of nitrogens with zero attached hydrogens (tertiary/aromatic N) is 2. The number of aliphatic hydroxyl groups is 5. The smallest absolute Gasteiger partial charge is 0.327 e. The summed E-state index contributed by atoms with van der Waals surface area (Å²) in [6.45, 7) is 5.11. The van der Waals surface area contributed by atoms with Gasteiger partial charge in [0.25, 0.3) is 0 Å². The molecule has 0 saturated carbocycles. The molecule has 5 rings (SSSR count). The average molecular weight is 1790 g/mol. The normalized spacial score (nSPS) is 20.5. The Kier molecular flexibility index (Phi) is 50.2. The van der Waals surface area contributed by atoms with Gasteiger partial charge < -0.3 is 135 Å². The minimum atomic E-state index is -2.10. The number of nitrogens with one attached hydrogen (secondary N) is 12. The summed E-state index contributed by atoms with van der Waals surface area (Å²) >= 11 is 2.48. The van der Waals surface area contributed by atoms with Gasteiger partial charge in [0.05, 0.1) is 51.6 Å². The van der Waals surface area contributed by atoms with E-state index in [4.69, 9.17) is 30.8 Å². The Hall–Kier alpha value is -9.09. The monoisotopic (exact) mass is 1790 g/mol. The summed E-state index contributed by atoms with van der Waals surface area (Å²) in [6.07, 6.45) is -6.98. The van der Waals surface area contributed by atoms with Crippen molar-refractivity contribution in [2.45, 2.75) is 207 Å². The zero-order valence-electron chi connectivity index (χ0n) is 70.5. The zero-order chi connectivity index (χ0) is 90.9. The van der Waals surface area contributed by atoms with Crippen molar-refractivity contribution in [3.8, 4) is 0 Å². The van der Waals surface area contributed by atoms with Gasteiger partial charge in [-0.1, -0.05) is 74.4 Å². The molecule has 2 aromatic carbocycles. The van der Waals surface area contributed by atoms with Gasteiger partial charge in [-0.2, -0.15) is 23.5 Å². The molecular formula is C81H128N16O25S2. The topological polar surface area (TPSA) is 628 Å². The van der Waals surface area contributed by atoms with Gasteiger partial charge in [-0.15, -0.1) is 0 Å². The van der Waals surface area contributed by atoms with E-state index >= 15 is 4.79 Å². The average Bonchev–Trinajstić information content (AvgIpc) is 1.64. The third kappa shape index (κ3) is 38.8. The Labute approximate surface area is 729 Å². The Morgan fingerprint density at radius 1 is 0.581 bits per heavy atom. The summed E-state index contributed by atoms with van der Waals surface area (Å²) in [5.74, 6) is -12.8. The van der Waals surface area contributed by atoms with Gasteiger partial charge in [-0.3, -0.25) is 67.1 Å². The maximum absolute atomic E-state index is 15.1. The molecule has 23 N–H and O–H groups in total. The molecule has 0 unspecified atom stereocenters. The first-order valence-corrected chi connectivity index (χ1v) is 44.5. The van der Waals surface area contributed by atoms with Crippen LogP contribution in [0.15, 0.2) is 54.6 Å². The number of ether oxygens (including phenoxy) is 3. The molecule has 694 valence electrons. The molecule has 0 aliphatic carbocycles. The number of thioether (sulfide) groups is 2. The number of rotatable bonds is 50. The third-order valence-corrected chi connectivity index (χ3v) is 22.6. The Balaban J connectivity index is 1.14. The number of carbonyl (C=O) groups excluding carboxylic acids is 13. The highest BCUT2D eigenvalue weighted by atomic mass is 32.2. The molecule has 3 heterocycles. The predicted octanol–water partition coefficient (Wildman–Crippen LogP) is -5.60. The fourth-order valence-corrected chi connectivity index (χ4v) is 15.5. The fraction of sp³-hybridized carbons (Fsp3) is 0.667. The fourth-order valence-electron chi connectivity index (χ4n) is 13.5. The van der Waals surface area contributed by atoms with Crippen molar-refractivity contribution in [1.82, 2.24) is 73.6 Å². The number of benzene rings is 2. The highest BCUT2D eigenvalue weighted by Gasteiger charge is 2.46. The maximum Gasteiger partial charge on any atom is 0.327 e. The number of ketones is 1. The van der Waals surface area contributed by atoms with E-state index in [1.165, 1.54) is 40.2 Å². The zero-order valence-corrected chi connectivity index (χ0v) is 72.1. The van der Waals surface area contributed by atoms with E-state index in [9.17, 15) is 97.8 Å². The van der Waals surface area contributed by atoms with Crippen LogP contribution in [0.4, 0.5) is 0 Å². The van der Waals surface area contributed by atoms with Crippen molar-refractivity contribution < 1.29 is 122 Å². The molecule has 43 heteroatoms. The molecule has 13 atom stereocenters.